The summed E-state index contributed by atoms with van der Waals surface area (Å²) in [4.78, 5) is 12.1. The minimum Gasteiger partial charge on any atom is -0.479 e. The van der Waals surface area contributed by atoms with E-state index in [-0.39, 0.29) is 5.97 Å². The highest BCUT2D eigenvalue weighted by molar-refractivity contribution is 7.14. The third kappa shape index (κ3) is 4.86. The van der Waals surface area contributed by atoms with E-state index in [1.165, 1.54) is 46.8 Å². The van der Waals surface area contributed by atoms with Crippen molar-refractivity contribution in [3.63, 3.8) is 0 Å². The second-order valence-corrected chi connectivity index (χ2v) is 7.35. The molecule has 0 atom stereocenters. The van der Waals surface area contributed by atoms with Crippen LogP contribution >= 0.6 is 11.3 Å². The highest BCUT2D eigenvalue weighted by atomic mass is 32.1. The molecule has 0 aliphatic heterocycles. The third-order valence-electron chi connectivity index (χ3n) is 4.26. The number of ether oxygens (including phenoxy) is 2. The molecule has 0 bridgehead atoms. The minimum absolute atomic E-state index is 0.366. The van der Waals surface area contributed by atoms with Crippen molar-refractivity contribution in [1.29, 1.82) is 0 Å². The Labute approximate surface area is 163 Å². The smallest absolute Gasteiger partial charge is 0.330 e. The fraction of sp³-hybridized carbons (Fsp3) is 0.174. The highest BCUT2D eigenvalue weighted by Gasteiger charge is 2.07. The van der Waals surface area contributed by atoms with Gasteiger partial charge in [-0.3, -0.25) is 0 Å². The summed E-state index contributed by atoms with van der Waals surface area (Å²) >= 11 is 1.49. The first-order valence-corrected chi connectivity index (χ1v) is 9.52. The van der Waals surface area contributed by atoms with Gasteiger partial charge in [-0.05, 0) is 65.9 Å². The van der Waals surface area contributed by atoms with Gasteiger partial charge in [0.05, 0.1) is 7.11 Å². The van der Waals surface area contributed by atoms with Crippen LogP contribution in [0, 0.1) is 13.8 Å². The second-order valence-electron chi connectivity index (χ2n) is 6.27. The lowest BCUT2D eigenvalue weighted by atomic mass is 9.95. The maximum Gasteiger partial charge on any atom is 0.330 e. The van der Waals surface area contributed by atoms with Gasteiger partial charge in [-0.25, -0.2) is 4.79 Å². The zero-order valence-electron chi connectivity index (χ0n) is 15.7. The maximum atomic E-state index is 11.2. The van der Waals surface area contributed by atoms with Crippen LogP contribution in [-0.2, 0) is 16.1 Å². The van der Waals surface area contributed by atoms with E-state index < -0.39 is 0 Å². The van der Waals surface area contributed by atoms with Crippen LogP contribution < -0.4 is 4.74 Å². The van der Waals surface area contributed by atoms with Crippen molar-refractivity contribution >= 4 is 23.4 Å². The molecule has 27 heavy (non-hydrogen) atoms. The number of aryl methyl sites for hydroxylation is 2. The number of benzene rings is 2. The fourth-order valence-corrected chi connectivity index (χ4v) is 3.72. The largest absolute Gasteiger partial charge is 0.479 e. The van der Waals surface area contributed by atoms with E-state index in [4.69, 9.17) is 4.74 Å². The number of thiophene rings is 1. The molecule has 0 unspecified atom stereocenters. The van der Waals surface area contributed by atoms with Crippen LogP contribution in [0.5, 0.6) is 5.06 Å². The Morgan fingerprint density at radius 2 is 1.78 bits per heavy atom. The highest BCUT2D eigenvalue weighted by Crippen LogP contribution is 2.29. The van der Waals surface area contributed by atoms with E-state index in [0.717, 1.165) is 15.5 Å². The zero-order valence-corrected chi connectivity index (χ0v) is 16.5. The van der Waals surface area contributed by atoms with Gasteiger partial charge in [-0.1, -0.05) is 47.7 Å². The average Bonchev–Trinajstić information content (AvgIpc) is 3.12. The van der Waals surface area contributed by atoms with Crippen LogP contribution in [0.15, 0.2) is 60.7 Å². The van der Waals surface area contributed by atoms with Crippen molar-refractivity contribution in [3.05, 3.63) is 82.2 Å². The molecule has 0 saturated carbocycles. The first kappa shape index (κ1) is 18.9. The van der Waals surface area contributed by atoms with Crippen LogP contribution in [0.4, 0.5) is 0 Å². The topological polar surface area (TPSA) is 35.5 Å². The summed E-state index contributed by atoms with van der Waals surface area (Å²) in [6.45, 7) is 4.78. The van der Waals surface area contributed by atoms with Crippen molar-refractivity contribution in [2.45, 2.75) is 20.5 Å². The standard InChI is InChI=1S/C23H22O3S/c1-16-6-4-7-17(2)23(16)19-9-5-8-18(14-19)15-26-22-13-11-20(27-22)10-12-21(24)25-3/h4-14H,15H2,1-3H3. The summed E-state index contributed by atoms with van der Waals surface area (Å²) < 4.78 is 10.5. The van der Waals surface area contributed by atoms with E-state index in [1.54, 1.807) is 6.08 Å². The number of hydrogen-bond donors (Lipinski definition) is 0. The van der Waals surface area contributed by atoms with Crippen LogP contribution in [0.1, 0.15) is 21.6 Å². The number of hydrogen-bond acceptors (Lipinski definition) is 4. The van der Waals surface area contributed by atoms with Crippen molar-refractivity contribution in [3.8, 4) is 16.2 Å². The van der Waals surface area contributed by atoms with Gasteiger partial charge in [0.15, 0.2) is 5.06 Å². The lowest BCUT2D eigenvalue weighted by Crippen LogP contribution is -1.95. The predicted octanol–water partition coefficient (Wildman–Crippen LogP) is 5.80. The molecule has 3 nitrogen and oxygen atoms in total. The predicted molar refractivity (Wildman–Crippen MR) is 111 cm³/mol. The Bertz CT molecular complexity index is 949. The fourth-order valence-electron chi connectivity index (χ4n) is 2.96. The number of esters is 1. The van der Waals surface area contributed by atoms with Gasteiger partial charge in [-0.2, -0.15) is 0 Å². The van der Waals surface area contributed by atoms with Crippen LogP contribution in [-0.4, -0.2) is 13.1 Å². The van der Waals surface area contributed by atoms with Gasteiger partial charge < -0.3 is 9.47 Å². The Kier molecular flexibility index (Phi) is 6.09. The molecular weight excluding hydrogens is 356 g/mol. The molecule has 0 saturated heterocycles. The van der Waals surface area contributed by atoms with Gasteiger partial charge in [0.2, 0.25) is 0 Å². The Morgan fingerprint density at radius 1 is 1.04 bits per heavy atom. The summed E-state index contributed by atoms with van der Waals surface area (Å²) in [6.07, 6.45) is 3.13. The molecule has 0 spiro atoms. The van der Waals surface area contributed by atoms with E-state index in [1.807, 2.05) is 12.1 Å². The van der Waals surface area contributed by atoms with Gasteiger partial charge in [0.25, 0.3) is 0 Å². The van der Waals surface area contributed by atoms with Crippen molar-refractivity contribution in [1.82, 2.24) is 0 Å². The molecule has 4 heteroatoms. The molecule has 0 amide bonds. The van der Waals surface area contributed by atoms with Crippen molar-refractivity contribution in [2.24, 2.45) is 0 Å². The molecular formula is C23H22O3S. The SMILES string of the molecule is COC(=O)C=Cc1ccc(OCc2cccc(-c3c(C)cccc3C)c2)s1. The van der Waals surface area contributed by atoms with E-state index >= 15 is 0 Å². The molecule has 1 heterocycles. The zero-order chi connectivity index (χ0) is 19.2. The van der Waals surface area contributed by atoms with E-state index in [2.05, 4.69) is 61.0 Å². The molecule has 138 valence electrons. The Hall–Kier alpha value is -2.85. The number of carbonyl (C=O) groups excluding carboxylic acids is 1. The molecule has 3 rings (SSSR count). The maximum absolute atomic E-state index is 11.2. The lowest BCUT2D eigenvalue weighted by Gasteiger charge is -2.11. The summed E-state index contributed by atoms with van der Waals surface area (Å²) in [6, 6.07) is 18.7. The minimum atomic E-state index is -0.366. The molecule has 0 aliphatic rings. The number of rotatable bonds is 6. The molecule has 2 aromatic carbocycles. The van der Waals surface area contributed by atoms with Crippen molar-refractivity contribution in [2.75, 3.05) is 7.11 Å². The number of carbonyl (C=O) groups is 1. The summed E-state index contributed by atoms with van der Waals surface area (Å²) in [5.41, 5.74) is 6.15. The first-order valence-electron chi connectivity index (χ1n) is 8.71. The van der Waals surface area contributed by atoms with E-state index in [9.17, 15) is 4.79 Å². The normalized spacial score (nSPS) is 10.9. The van der Waals surface area contributed by atoms with E-state index in [0.29, 0.717) is 6.61 Å². The van der Waals surface area contributed by atoms with Crippen LogP contribution in [0.2, 0.25) is 0 Å². The Balaban J connectivity index is 1.70. The summed E-state index contributed by atoms with van der Waals surface area (Å²) in [7, 11) is 1.36. The van der Waals surface area contributed by atoms with Gasteiger partial charge in [0.1, 0.15) is 6.61 Å². The molecule has 0 aliphatic carbocycles. The lowest BCUT2D eigenvalue weighted by molar-refractivity contribution is -0.134. The average molecular weight is 378 g/mol. The third-order valence-corrected chi connectivity index (χ3v) is 5.23. The first-order chi connectivity index (χ1) is 13.1. The quantitative estimate of drug-likeness (QED) is 0.402. The van der Waals surface area contributed by atoms with Gasteiger partial charge in [0, 0.05) is 11.0 Å². The number of methoxy groups -OCH3 is 1. The second kappa shape index (κ2) is 8.69. The molecule has 0 fully saturated rings. The Morgan fingerprint density at radius 3 is 2.52 bits per heavy atom. The molecule has 0 N–H and O–H groups in total. The monoisotopic (exact) mass is 378 g/mol. The molecule has 0 radical (unpaired) electrons. The summed E-state index contributed by atoms with van der Waals surface area (Å²) in [5.74, 6) is -0.366. The van der Waals surface area contributed by atoms with Gasteiger partial charge in [-0.15, -0.1) is 0 Å². The van der Waals surface area contributed by atoms with Gasteiger partial charge >= 0.3 is 5.97 Å². The molecule has 1 aromatic heterocycles. The van der Waals surface area contributed by atoms with Crippen LogP contribution in [0.3, 0.4) is 0 Å². The van der Waals surface area contributed by atoms with Crippen molar-refractivity contribution < 1.29 is 14.3 Å². The summed E-state index contributed by atoms with van der Waals surface area (Å²) in [5, 5.41) is 0.817. The van der Waals surface area contributed by atoms with Crippen LogP contribution in [0.25, 0.3) is 17.2 Å². The molecule has 3 aromatic rings.